The summed E-state index contributed by atoms with van der Waals surface area (Å²) in [6, 6.07) is -1.96. The molecule has 2 rings (SSSR count). The number of aromatic nitrogens is 2. The molecule has 0 N–H and O–H groups in total. The average Bonchev–Trinajstić information content (AvgIpc) is 2.31. The van der Waals surface area contributed by atoms with Crippen LogP contribution in [0, 0.1) is 6.85 Å². The molecule has 2 nitrogen and oxygen atoms in total. The third kappa shape index (κ3) is 1.14. The molecule has 0 radical (unpaired) electrons. The van der Waals surface area contributed by atoms with Crippen LogP contribution >= 0.6 is 11.6 Å². The van der Waals surface area contributed by atoms with Crippen molar-refractivity contribution >= 4 is 22.5 Å². The minimum atomic E-state index is -2.65. The van der Waals surface area contributed by atoms with Gasteiger partial charge in [0.2, 0.25) is 5.28 Å². The van der Waals surface area contributed by atoms with Gasteiger partial charge in [0.05, 0.1) is 16.7 Å². The number of rotatable bonds is 0. The van der Waals surface area contributed by atoms with Gasteiger partial charge in [0, 0.05) is 9.50 Å². The van der Waals surface area contributed by atoms with Crippen LogP contribution in [0.4, 0.5) is 0 Å². The lowest BCUT2D eigenvalue weighted by molar-refractivity contribution is 1.15. The SMILES string of the molecule is [2H]c1c([2H])c([2H])c2c(C([2H])([2H])[2H])nc(Cl)nc2c1[2H]. The zero-order valence-corrected chi connectivity index (χ0v) is 6.53. The maximum atomic E-state index is 7.75. The molecule has 1 heterocycles. The van der Waals surface area contributed by atoms with Crippen LogP contribution in [-0.2, 0) is 0 Å². The number of aryl methyl sites for hydroxylation is 1. The first-order valence-electron chi connectivity index (χ1n) is 6.58. The first-order valence-corrected chi connectivity index (χ1v) is 3.46. The Hall–Kier alpha value is -1.15. The van der Waals surface area contributed by atoms with Gasteiger partial charge in [-0.1, -0.05) is 18.1 Å². The van der Waals surface area contributed by atoms with E-state index in [2.05, 4.69) is 9.97 Å². The molecule has 60 valence electrons. The maximum Gasteiger partial charge on any atom is 0.223 e. The Balaban J connectivity index is 3.08. The summed E-state index contributed by atoms with van der Waals surface area (Å²) in [6.07, 6.45) is 0. The third-order valence-corrected chi connectivity index (χ3v) is 1.48. The number of halogens is 1. The van der Waals surface area contributed by atoms with Crippen LogP contribution in [0.15, 0.2) is 24.2 Å². The molecule has 0 fully saturated rings. The van der Waals surface area contributed by atoms with Gasteiger partial charge in [-0.15, -0.1) is 0 Å². The standard InChI is InChI=1S/C9H7ClN2/c1-6-7-4-2-3-5-8(7)12-9(10)11-6/h2-5H,1H3/i1D3,2D,3D,4D,5D. The van der Waals surface area contributed by atoms with Gasteiger partial charge < -0.3 is 0 Å². The Kier molecular flexibility index (Phi) is 0.671. The predicted molar refractivity (Wildman–Crippen MR) is 49.3 cm³/mol. The lowest BCUT2D eigenvalue weighted by Gasteiger charge is -1.99. The lowest BCUT2D eigenvalue weighted by atomic mass is 10.2. The minimum absolute atomic E-state index is 0.197. The molecule has 0 atom stereocenters. The van der Waals surface area contributed by atoms with Crippen LogP contribution < -0.4 is 0 Å². The fraction of sp³-hybridized carbons (Fsp3) is 0.111. The summed E-state index contributed by atoms with van der Waals surface area (Å²) in [6.45, 7) is -2.65. The Bertz CT molecular complexity index is 683. The van der Waals surface area contributed by atoms with Crippen LogP contribution in [0.2, 0.25) is 5.28 Å². The van der Waals surface area contributed by atoms with Gasteiger partial charge in [-0.2, -0.15) is 0 Å². The summed E-state index contributed by atoms with van der Waals surface area (Å²) in [5.74, 6) is 0. The van der Waals surface area contributed by atoms with Crippen molar-refractivity contribution in [3.05, 3.63) is 35.1 Å². The molecule has 1 aromatic carbocycles. The van der Waals surface area contributed by atoms with Gasteiger partial charge in [-0.3, -0.25) is 0 Å². The Morgan fingerprint density at radius 2 is 2.25 bits per heavy atom. The van der Waals surface area contributed by atoms with Gasteiger partial charge in [-0.05, 0) is 24.5 Å². The zero-order chi connectivity index (χ0) is 14.5. The predicted octanol–water partition coefficient (Wildman–Crippen LogP) is 2.59. The Morgan fingerprint density at radius 1 is 1.42 bits per heavy atom. The molecular formula is C9H7ClN2. The van der Waals surface area contributed by atoms with Gasteiger partial charge in [0.25, 0.3) is 0 Å². The summed E-state index contributed by atoms with van der Waals surface area (Å²) in [5, 5.41) is -0.598. The van der Waals surface area contributed by atoms with E-state index < -0.39 is 36.7 Å². The highest BCUT2D eigenvalue weighted by atomic mass is 35.5. The van der Waals surface area contributed by atoms with E-state index in [0.29, 0.717) is 0 Å². The number of benzene rings is 1. The second-order valence-electron chi connectivity index (χ2n) is 2.06. The average molecular weight is 186 g/mol. The molecule has 0 saturated carbocycles. The molecule has 0 bridgehead atoms. The first-order chi connectivity index (χ1) is 8.64. The number of hydrogen-bond acceptors (Lipinski definition) is 2. The zero-order valence-electron chi connectivity index (χ0n) is 12.8. The summed E-state index contributed by atoms with van der Waals surface area (Å²) in [7, 11) is 0. The van der Waals surface area contributed by atoms with Crippen molar-refractivity contribution in [2.45, 2.75) is 6.85 Å². The molecule has 0 saturated heterocycles. The van der Waals surface area contributed by atoms with Crippen molar-refractivity contribution in [3.8, 4) is 0 Å². The van der Waals surface area contributed by atoms with Crippen LogP contribution in [0.25, 0.3) is 10.9 Å². The molecule has 0 spiro atoms. The first kappa shape index (κ1) is 2.96. The third-order valence-electron chi connectivity index (χ3n) is 1.31. The summed E-state index contributed by atoms with van der Waals surface area (Å²) < 4.78 is 52.7. The molecule has 0 amide bonds. The van der Waals surface area contributed by atoms with Crippen molar-refractivity contribution in [1.29, 1.82) is 0 Å². The van der Waals surface area contributed by atoms with E-state index in [-0.39, 0.29) is 16.2 Å². The molecule has 0 aliphatic rings. The van der Waals surface area contributed by atoms with E-state index in [0.717, 1.165) is 0 Å². The van der Waals surface area contributed by atoms with Crippen molar-refractivity contribution in [1.82, 2.24) is 9.97 Å². The number of nitrogens with zero attached hydrogens (tertiary/aromatic N) is 2. The van der Waals surface area contributed by atoms with E-state index >= 15 is 0 Å². The van der Waals surface area contributed by atoms with Crippen LogP contribution in [0.5, 0.6) is 0 Å². The number of hydrogen-bond donors (Lipinski definition) is 0. The second kappa shape index (κ2) is 2.72. The van der Waals surface area contributed by atoms with Gasteiger partial charge >= 0.3 is 0 Å². The Morgan fingerprint density at radius 3 is 3.08 bits per heavy atom. The molecule has 0 unspecified atom stereocenters. The molecule has 3 heteroatoms. The maximum absolute atomic E-state index is 7.75. The van der Waals surface area contributed by atoms with Crippen molar-refractivity contribution in [3.63, 3.8) is 0 Å². The molecule has 2 aromatic rings. The van der Waals surface area contributed by atoms with E-state index in [1.807, 2.05) is 0 Å². The van der Waals surface area contributed by atoms with Gasteiger partial charge in [0.1, 0.15) is 0 Å². The minimum Gasteiger partial charge on any atom is -0.223 e. The topological polar surface area (TPSA) is 25.8 Å². The van der Waals surface area contributed by atoms with E-state index in [9.17, 15) is 0 Å². The molecule has 1 aromatic heterocycles. The van der Waals surface area contributed by atoms with E-state index in [4.69, 9.17) is 21.2 Å². The molecule has 12 heavy (non-hydrogen) atoms. The normalized spacial score (nSPS) is 19.9. The highest BCUT2D eigenvalue weighted by molar-refractivity contribution is 6.28. The highest BCUT2D eigenvalue weighted by Crippen LogP contribution is 2.15. The van der Waals surface area contributed by atoms with Gasteiger partial charge in [0.15, 0.2) is 0 Å². The largest absolute Gasteiger partial charge is 0.223 e. The smallest absolute Gasteiger partial charge is 0.223 e. The Labute approximate surface area is 85.1 Å². The highest BCUT2D eigenvalue weighted by Gasteiger charge is 2.00. The summed E-state index contributed by atoms with van der Waals surface area (Å²) >= 11 is 5.62. The molecular weight excluding hydrogens is 172 g/mol. The molecule has 0 aliphatic carbocycles. The lowest BCUT2D eigenvalue weighted by Crippen LogP contribution is -1.88. The van der Waals surface area contributed by atoms with Crippen molar-refractivity contribution in [2.75, 3.05) is 0 Å². The van der Waals surface area contributed by atoms with Gasteiger partial charge in [-0.25, -0.2) is 9.97 Å². The van der Waals surface area contributed by atoms with Crippen molar-refractivity contribution in [2.24, 2.45) is 0 Å². The summed E-state index contributed by atoms with van der Waals surface area (Å²) in [5.41, 5.74) is -0.674. The van der Waals surface area contributed by atoms with E-state index in [1.165, 1.54) is 0 Å². The summed E-state index contributed by atoms with van der Waals surface area (Å²) in [4.78, 5) is 7.29. The van der Waals surface area contributed by atoms with Crippen molar-refractivity contribution < 1.29 is 9.60 Å². The van der Waals surface area contributed by atoms with E-state index in [1.54, 1.807) is 0 Å². The second-order valence-corrected chi connectivity index (χ2v) is 2.40. The van der Waals surface area contributed by atoms with Crippen LogP contribution in [0.1, 0.15) is 15.3 Å². The monoisotopic (exact) mass is 185 g/mol. The number of para-hydroxylation sites is 1. The van der Waals surface area contributed by atoms with Crippen LogP contribution in [0.3, 0.4) is 0 Å². The van der Waals surface area contributed by atoms with Crippen LogP contribution in [-0.4, -0.2) is 9.97 Å². The molecule has 0 aliphatic heterocycles. The fourth-order valence-electron chi connectivity index (χ4n) is 0.827. The fourth-order valence-corrected chi connectivity index (χ4v) is 0.996. The quantitative estimate of drug-likeness (QED) is 0.590. The number of fused-ring (bicyclic) bond motifs is 1.